The molecule has 160 valence electrons. The number of rotatable bonds is 3. The summed E-state index contributed by atoms with van der Waals surface area (Å²) in [4.78, 5) is 17.3. The molecule has 0 spiro atoms. The number of hydrogen-bond donors (Lipinski definition) is 0. The van der Waals surface area contributed by atoms with E-state index in [1.165, 1.54) is 12.7 Å². The maximum Gasteiger partial charge on any atom is 0.334 e. The number of carbonyl (C=O) groups is 1. The van der Waals surface area contributed by atoms with Crippen LogP contribution in [0.25, 0.3) is 16.6 Å². The van der Waals surface area contributed by atoms with Crippen LogP contribution in [0.4, 0.5) is 0 Å². The molecule has 6 heteroatoms. The number of fused-ring (bicyclic) bond motifs is 3. The van der Waals surface area contributed by atoms with Crippen LogP contribution in [0, 0.1) is 20.8 Å². The van der Waals surface area contributed by atoms with Crippen LogP contribution in [0.5, 0.6) is 11.8 Å². The third-order valence-electron chi connectivity index (χ3n) is 6.10. The second-order valence-corrected chi connectivity index (χ2v) is 8.11. The highest BCUT2D eigenvalue weighted by Gasteiger charge is 2.38. The third-order valence-corrected chi connectivity index (χ3v) is 6.10. The first-order chi connectivity index (χ1) is 15.4. The smallest absolute Gasteiger partial charge is 0.334 e. The molecule has 1 atom stereocenters. The number of aryl methyl sites for hydroxylation is 3. The van der Waals surface area contributed by atoms with Crippen molar-refractivity contribution in [1.29, 1.82) is 0 Å². The van der Waals surface area contributed by atoms with Crippen molar-refractivity contribution in [3.05, 3.63) is 88.6 Å². The van der Waals surface area contributed by atoms with Gasteiger partial charge in [0.25, 0.3) is 0 Å². The van der Waals surface area contributed by atoms with Gasteiger partial charge in [-0.2, -0.15) is 5.10 Å². The number of para-hydroxylation sites is 1. The molecule has 1 aliphatic rings. The largest absolute Gasteiger partial charge is 0.466 e. The maximum absolute atomic E-state index is 12.6. The van der Waals surface area contributed by atoms with Crippen LogP contribution < -0.4 is 4.74 Å². The van der Waals surface area contributed by atoms with Crippen molar-refractivity contribution in [3.63, 3.8) is 0 Å². The number of carbonyl (C=O) groups excluding carboxylic acids is 1. The third kappa shape index (κ3) is 2.99. The molecular formula is C26H23N3O3. The van der Waals surface area contributed by atoms with E-state index in [0.29, 0.717) is 17.3 Å². The number of nitrogens with zero attached hydrogens (tertiary/aromatic N) is 3. The van der Waals surface area contributed by atoms with E-state index in [9.17, 15) is 4.79 Å². The van der Waals surface area contributed by atoms with Crippen molar-refractivity contribution in [1.82, 2.24) is 14.8 Å². The second kappa shape index (κ2) is 7.34. The fourth-order valence-corrected chi connectivity index (χ4v) is 4.24. The van der Waals surface area contributed by atoms with Crippen molar-refractivity contribution in [2.45, 2.75) is 26.7 Å². The van der Waals surface area contributed by atoms with Crippen LogP contribution in [0.1, 0.15) is 33.9 Å². The van der Waals surface area contributed by atoms with Gasteiger partial charge in [-0.05, 0) is 56.2 Å². The zero-order valence-electron chi connectivity index (χ0n) is 18.5. The van der Waals surface area contributed by atoms with Crippen LogP contribution in [-0.2, 0) is 9.53 Å². The Balaban J connectivity index is 1.77. The van der Waals surface area contributed by atoms with Gasteiger partial charge in [-0.15, -0.1) is 0 Å². The molecule has 0 saturated carbocycles. The molecule has 32 heavy (non-hydrogen) atoms. The van der Waals surface area contributed by atoms with Gasteiger partial charge in [0.15, 0.2) is 0 Å². The lowest BCUT2D eigenvalue weighted by atomic mass is 9.84. The van der Waals surface area contributed by atoms with Gasteiger partial charge in [0.05, 0.1) is 35.5 Å². The number of benzene rings is 2. The quantitative estimate of drug-likeness (QED) is 0.329. The first-order valence-corrected chi connectivity index (χ1v) is 10.4. The van der Waals surface area contributed by atoms with Gasteiger partial charge in [0.2, 0.25) is 11.8 Å². The number of pyridine rings is 1. The van der Waals surface area contributed by atoms with Crippen molar-refractivity contribution in [2.75, 3.05) is 7.11 Å². The molecule has 4 aromatic rings. The normalized spacial score (nSPS) is 14.4. The number of hydrogen-bond acceptors (Lipinski definition) is 5. The van der Waals surface area contributed by atoms with Crippen molar-refractivity contribution in [2.24, 2.45) is 0 Å². The summed E-state index contributed by atoms with van der Waals surface area (Å²) in [5.41, 5.74) is 6.68. The molecule has 0 amide bonds. The van der Waals surface area contributed by atoms with E-state index < -0.39 is 11.9 Å². The van der Waals surface area contributed by atoms with Gasteiger partial charge in [0, 0.05) is 16.5 Å². The molecule has 0 N–H and O–H groups in total. The lowest BCUT2D eigenvalue weighted by Gasteiger charge is -2.27. The van der Waals surface area contributed by atoms with Crippen molar-refractivity contribution < 1.29 is 14.3 Å². The van der Waals surface area contributed by atoms with Crippen molar-refractivity contribution >= 4 is 16.9 Å². The van der Waals surface area contributed by atoms with Gasteiger partial charge in [0.1, 0.15) is 0 Å². The van der Waals surface area contributed by atoms with Crippen LogP contribution in [0.2, 0.25) is 0 Å². The van der Waals surface area contributed by atoms with E-state index in [-0.39, 0.29) is 0 Å². The van der Waals surface area contributed by atoms with E-state index >= 15 is 0 Å². The average molecular weight is 425 g/mol. The molecule has 3 heterocycles. The first kappa shape index (κ1) is 20.0. The Morgan fingerprint density at radius 2 is 1.88 bits per heavy atom. The molecule has 1 aliphatic heterocycles. The van der Waals surface area contributed by atoms with Gasteiger partial charge in [-0.3, -0.25) is 0 Å². The highest BCUT2D eigenvalue weighted by atomic mass is 16.5. The number of ether oxygens (including phenoxy) is 2. The highest BCUT2D eigenvalue weighted by Crippen LogP contribution is 2.49. The van der Waals surface area contributed by atoms with Gasteiger partial charge in [-0.25, -0.2) is 14.5 Å². The fraction of sp³-hybridized carbons (Fsp3) is 0.192. The number of esters is 1. The lowest BCUT2D eigenvalue weighted by molar-refractivity contribution is -0.136. The van der Waals surface area contributed by atoms with Crippen LogP contribution in [0.15, 0.2) is 60.7 Å². The molecule has 6 nitrogen and oxygen atoms in total. The summed E-state index contributed by atoms with van der Waals surface area (Å²) in [5, 5.41) is 5.73. The lowest BCUT2D eigenvalue weighted by Crippen LogP contribution is -2.19. The summed E-state index contributed by atoms with van der Waals surface area (Å²) < 4.78 is 13.1. The van der Waals surface area contributed by atoms with Gasteiger partial charge >= 0.3 is 5.97 Å². The molecule has 0 fully saturated rings. The standard InChI is InChI=1S/C26H23N3O3/c1-14-10-11-19(12-15(14)2)29-25-23(17(4)28-29)22(16(3)26(30)31-5)20-13-18-8-6-7-9-21(18)27-24(20)32-25/h6-13,22H,3H2,1-2,4-5H3/t22-/m0/s1. The highest BCUT2D eigenvalue weighted by molar-refractivity contribution is 5.92. The minimum Gasteiger partial charge on any atom is -0.466 e. The summed E-state index contributed by atoms with van der Waals surface area (Å²) in [7, 11) is 1.36. The van der Waals surface area contributed by atoms with Gasteiger partial charge in [-0.1, -0.05) is 30.8 Å². The summed E-state index contributed by atoms with van der Waals surface area (Å²) in [6.45, 7) is 10.1. The number of methoxy groups -OCH3 is 1. The van der Waals surface area contributed by atoms with Crippen LogP contribution in [0.3, 0.4) is 0 Å². The molecule has 0 unspecified atom stereocenters. The van der Waals surface area contributed by atoms with E-state index in [0.717, 1.165) is 39.0 Å². The fourth-order valence-electron chi connectivity index (χ4n) is 4.24. The zero-order valence-corrected chi connectivity index (χ0v) is 18.5. The minimum absolute atomic E-state index is 0.318. The number of aromatic nitrogens is 3. The predicted molar refractivity (Wildman–Crippen MR) is 123 cm³/mol. The Morgan fingerprint density at radius 1 is 1.09 bits per heavy atom. The summed E-state index contributed by atoms with van der Waals surface area (Å²) in [5.74, 6) is 0.0335. The second-order valence-electron chi connectivity index (χ2n) is 8.11. The summed E-state index contributed by atoms with van der Waals surface area (Å²) >= 11 is 0. The zero-order chi connectivity index (χ0) is 22.6. The summed E-state index contributed by atoms with van der Waals surface area (Å²) in [6.07, 6.45) is 0. The Hall–Kier alpha value is -3.93. The Kier molecular flexibility index (Phi) is 4.59. The first-order valence-electron chi connectivity index (χ1n) is 10.4. The molecule has 2 aromatic carbocycles. The molecule has 0 bridgehead atoms. The van der Waals surface area contributed by atoms with E-state index in [2.05, 4.69) is 32.6 Å². The topological polar surface area (TPSA) is 66.2 Å². The predicted octanol–water partition coefficient (Wildman–Crippen LogP) is 5.31. The van der Waals surface area contributed by atoms with E-state index in [4.69, 9.17) is 19.6 Å². The molecule has 0 aliphatic carbocycles. The maximum atomic E-state index is 12.6. The molecular weight excluding hydrogens is 402 g/mol. The Labute approximate surface area is 186 Å². The monoisotopic (exact) mass is 425 g/mol. The van der Waals surface area contributed by atoms with Crippen LogP contribution in [-0.4, -0.2) is 27.8 Å². The van der Waals surface area contributed by atoms with Gasteiger partial charge < -0.3 is 9.47 Å². The van der Waals surface area contributed by atoms with Crippen LogP contribution >= 0.6 is 0 Å². The molecule has 0 radical (unpaired) electrons. The Bertz CT molecular complexity index is 1420. The van der Waals surface area contributed by atoms with Crippen molar-refractivity contribution in [3.8, 4) is 17.4 Å². The van der Waals surface area contributed by atoms with E-state index in [1.54, 1.807) is 4.68 Å². The van der Waals surface area contributed by atoms with E-state index in [1.807, 2.05) is 43.3 Å². The summed E-state index contributed by atoms with van der Waals surface area (Å²) in [6, 6.07) is 16.0. The minimum atomic E-state index is -0.474. The Morgan fingerprint density at radius 3 is 2.62 bits per heavy atom. The SMILES string of the molecule is C=C(C(=O)OC)[C@H]1c2cc3ccccc3nc2Oc2c1c(C)nn2-c1ccc(C)c(C)c1. The molecule has 2 aromatic heterocycles. The average Bonchev–Trinajstić information content (AvgIpc) is 3.12. The molecule has 5 rings (SSSR count). The molecule has 0 saturated heterocycles.